The van der Waals surface area contributed by atoms with E-state index in [9.17, 15) is 18.4 Å². The molecule has 0 radical (unpaired) electrons. The number of nitrogens with one attached hydrogen (secondary N) is 2. The zero-order chi connectivity index (χ0) is 15.7. The minimum Gasteiger partial charge on any atom is -0.481 e. The normalized spacial score (nSPS) is 10.2. The molecule has 5 nitrogen and oxygen atoms in total. The van der Waals surface area contributed by atoms with Crippen LogP contribution in [0, 0.1) is 11.6 Å². The highest BCUT2D eigenvalue weighted by Crippen LogP contribution is 2.09. The number of carbonyl (C=O) groups excluding carboxylic acids is 1. The fraction of sp³-hybridized carbons (Fsp3) is 0.429. The molecule has 0 heterocycles. The molecule has 0 unspecified atom stereocenters. The van der Waals surface area contributed by atoms with E-state index in [0.717, 1.165) is 18.2 Å². The van der Waals surface area contributed by atoms with E-state index in [1.165, 1.54) is 0 Å². The zero-order valence-corrected chi connectivity index (χ0v) is 11.5. The van der Waals surface area contributed by atoms with Crippen molar-refractivity contribution in [1.82, 2.24) is 10.6 Å². The maximum absolute atomic E-state index is 13.3. The lowest BCUT2D eigenvalue weighted by Gasteiger charge is -2.08. The maximum Gasteiger partial charge on any atom is 0.315 e. The van der Waals surface area contributed by atoms with Gasteiger partial charge in [0.15, 0.2) is 0 Å². The molecule has 0 aliphatic carbocycles. The second-order valence-corrected chi connectivity index (χ2v) is 4.55. The first-order valence-corrected chi connectivity index (χ1v) is 6.66. The quantitative estimate of drug-likeness (QED) is 0.645. The van der Waals surface area contributed by atoms with Crippen LogP contribution in [0.2, 0.25) is 0 Å². The highest BCUT2D eigenvalue weighted by atomic mass is 19.1. The summed E-state index contributed by atoms with van der Waals surface area (Å²) in [4.78, 5) is 21.7. The Hall–Kier alpha value is -2.18. The number of benzene rings is 1. The average molecular weight is 300 g/mol. The maximum atomic E-state index is 13.3. The number of carboxylic acid groups (broad SMARTS) is 1. The first-order chi connectivity index (χ1) is 9.99. The number of halogens is 2. The molecule has 1 aromatic rings. The summed E-state index contributed by atoms with van der Waals surface area (Å²) in [7, 11) is 0. The summed E-state index contributed by atoms with van der Waals surface area (Å²) in [5.41, 5.74) is 0.0756. The molecule has 0 fully saturated rings. The highest BCUT2D eigenvalue weighted by molar-refractivity contribution is 5.73. The molecule has 3 N–H and O–H groups in total. The van der Waals surface area contributed by atoms with Crippen LogP contribution in [-0.4, -0.2) is 23.7 Å². The minimum atomic E-state index is -0.835. The van der Waals surface area contributed by atoms with Crippen LogP contribution in [0.3, 0.4) is 0 Å². The monoisotopic (exact) mass is 300 g/mol. The van der Waals surface area contributed by atoms with Gasteiger partial charge in [-0.1, -0.05) is 6.42 Å². The molecule has 0 aromatic heterocycles. The summed E-state index contributed by atoms with van der Waals surface area (Å²) >= 11 is 0. The third kappa shape index (κ3) is 7.24. The second-order valence-electron chi connectivity index (χ2n) is 4.55. The number of aliphatic carboxylic acids is 1. The molecular formula is C14H18F2N2O3. The Bertz CT molecular complexity index is 495. The smallest absolute Gasteiger partial charge is 0.315 e. The van der Waals surface area contributed by atoms with Crippen LogP contribution < -0.4 is 10.6 Å². The van der Waals surface area contributed by atoms with Gasteiger partial charge < -0.3 is 15.7 Å². The standard InChI is InChI=1S/C14H18F2N2O3/c15-11-5-6-12(16)10(8-11)9-18-14(21)17-7-3-1-2-4-13(19)20/h5-6,8H,1-4,7,9H2,(H,19,20)(H2,17,18,21). The molecule has 0 aliphatic rings. The number of carbonyl (C=O) groups is 2. The van der Waals surface area contributed by atoms with Gasteiger partial charge in [0.05, 0.1) is 0 Å². The predicted molar refractivity (Wildman–Crippen MR) is 72.7 cm³/mol. The van der Waals surface area contributed by atoms with Crippen LogP contribution in [0.25, 0.3) is 0 Å². The van der Waals surface area contributed by atoms with Gasteiger partial charge in [-0.05, 0) is 31.0 Å². The summed E-state index contributed by atoms with van der Waals surface area (Å²) in [6.07, 6.45) is 2.04. The lowest BCUT2D eigenvalue weighted by molar-refractivity contribution is -0.137. The van der Waals surface area contributed by atoms with Crippen molar-refractivity contribution in [2.75, 3.05) is 6.54 Å². The minimum absolute atomic E-state index is 0.0756. The van der Waals surface area contributed by atoms with Gasteiger partial charge in [-0.15, -0.1) is 0 Å². The van der Waals surface area contributed by atoms with Gasteiger partial charge >= 0.3 is 12.0 Å². The van der Waals surface area contributed by atoms with Crippen LogP contribution >= 0.6 is 0 Å². The van der Waals surface area contributed by atoms with Crippen LogP contribution in [0.4, 0.5) is 13.6 Å². The van der Waals surface area contributed by atoms with Gasteiger partial charge in [0.25, 0.3) is 0 Å². The van der Waals surface area contributed by atoms with Gasteiger partial charge in [-0.25, -0.2) is 13.6 Å². The molecule has 0 saturated heterocycles. The van der Waals surface area contributed by atoms with Crippen LogP contribution in [-0.2, 0) is 11.3 Å². The predicted octanol–water partition coefficient (Wildman–Crippen LogP) is 2.41. The Morgan fingerprint density at radius 3 is 2.57 bits per heavy atom. The van der Waals surface area contributed by atoms with Crippen molar-refractivity contribution in [2.24, 2.45) is 0 Å². The van der Waals surface area contributed by atoms with E-state index in [-0.39, 0.29) is 18.5 Å². The van der Waals surface area contributed by atoms with Gasteiger partial charge in [0.2, 0.25) is 0 Å². The second kappa shape index (κ2) is 8.89. The van der Waals surface area contributed by atoms with Gasteiger partial charge in [-0.2, -0.15) is 0 Å². The van der Waals surface area contributed by atoms with Crippen molar-refractivity contribution < 1.29 is 23.5 Å². The molecule has 1 rings (SSSR count). The van der Waals surface area contributed by atoms with E-state index < -0.39 is 23.6 Å². The summed E-state index contributed by atoms with van der Waals surface area (Å²) < 4.78 is 26.2. The molecule has 0 aliphatic heterocycles. The van der Waals surface area contributed by atoms with Crippen molar-refractivity contribution in [3.63, 3.8) is 0 Å². The van der Waals surface area contributed by atoms with Crippen LogP contribution in [0.15, 0.2) is 18.2 Å². The Balaban J connectivity index is 2.16. The summed E-state index contributed by atoms with van der Waals surface area (Å²) in [5.74, 6) is -1.98. The fourth-order valence-electron chi connectivity index (χ4n) is 1.70. The Morgan fingerprint density at radius 2 is 1.86 bits per heavy atom. The molecule has 0 atom stereocenters. The third-order valence-corrected chi connectivity index (χ3v) is 2.80. The van der Waals surface area contributed by atoms with Gasteiger partial charge in [-0.3, -0.25) is 4.79 Å². The van der Waals surface area contributed by atoms with Crippen molar-refractivity contribution in [1.29, 1.82) is 0 Å². The first kappa shape index (κ1) is 16.9. The van der Waals surface area contributed by atoms with Crippen molar-refractivity contribution in [2.45, 2.75) is 32.2 Å². The Morgan fingerprint density at radius 1 is 1.10 bits per heavy atom. The topological polar surface area (TPSA) is 78.4 Å². The van der Waals surface area contributed by atoms with E-state index in [4.69, 9.17) is 5.11 Å². The molecule has 1 aromatic carbocycles. The summed E-state index contributed by atoms with van der Waals surface area (Å²) in [5, 5.41) is 13.4. The zero-order valence-electron chi connectivity index (χ0n) is 11.5. The Labute approximate surface area is 121 Å². The summed E-state index contributed by atoms with van der Waals surface area (Å²) in [6.45, 7) is 0.297. The van der Waals surface area contributed by atoms with Gasteiger partial charge in [0.1, 0.15) is 11.6 Å². The lowest BCUT2D eigenvalue weighted by Crippen LogP contribution is -2.35. The molecule has 0 bridgehead atoms. The average Bonchev–Trinajstić information content (AvgIpc) is 2.43. The number of rotatable bonds is 8. The largest absolute Gasteiger partial charge is 0.481 e. The number of hydrogen-bond donors (Lipinski definition) is 3. The van der Waals surface area contributed by atoms with E-state index in [1.807, 2.05) is 0 Å². The molecule has 21 heavy (non-hydrogen) atoms. The molecule has 7 heteroatoms. The molecule has 2 amide bonds. The molecule has 116 valence electrons. The van der Waals surface area contributed by atoms with E-state index in [0.29, 0.717) is 25.8 Å². The van der Waals surface area contributed by atoms with Crippen molar-refractivity contribution in [3.05, 3.63) is 35.4 Å². The van der Waals surface area contributed by atoms with Crippen molar-refractivity contribution >= 4 is 12.0 Å². The number of urea groups is 1. The number of unbranched alkanes of at least 4 members (excludes halogenated alkanes) is 2. The number of amides is 2. The van der Waals surface area contributed by atoms with E-state index in [2.05, 4.69) is 10.6 Å². The van der Waals surface area contributed by atoms with Crippen molar-refractivity contribution in [3.8, 4) is 0 Å². The summed E-state index contributed by atoms with van der Waals surface area (Å²) in [6, 6.07) is 2.57. The lowest BCUT2D eigenvalue weighted by atomic mass is 10.2. The van der Waals surface area contributed by atoms with Crippen LogP contribution in [0.5, 0.6) is 0 Å². The third-order valence-electron chi connectivity index (χ3n) is 2.80. The number of hydrogen-bond acceptors (Lipinski definition) is 2. The van der Waals surface area contributed by atoms with E-state index >= 15 is 0 Å². The molecule has 0 spiro atoms. The molecular weight excluding hydrogens is 282 g/mol. The SMILES string of the molecule is O=C(O)CCCCCNC(=O)NCc1cc(F)ccc1F. The van der Waals surface area contributed by atoms with Gasteiger partial charge in [0, 0.05) is 25.1 Å². The molecule has 0 saturated carbocycles. The highest BCUT2D eigenvalue weighted by Gasteiger charge is 2.06. The number of carboxylic acids is 1. The fourth-order valence-corrected chi connectivity index (χ4v) is 1.70. The van der Waals surface area contributed by atoms with E-state index in [1.54, 1.807) is 0 Å². The Kier molecular flexibility index (Phi) is 7.14. The first-order valence-electron chi connectivity index (χ1n) is 6.66. The van der Waals surface area contributed by atoms with Crippen LogP contribution in [0.1, 0.15) is 31.2 Å².